The van der Waals surface area contributed by atoms with Crippen molar-refractivity contribution in [3.8, 4) is 5.75 Å². The first kappa shape index (κ1) is 21.2. The lowest BCUT2D eigenvalue weighted by Gasteiger charge is -2.41. The van der Waals surface area contributed by atoms with Crippen molar-refractivity contribution in [3.05, 3.63) is 59.7 Å². The molecule has 0 spiro atoms. The highest BCUT2D eigenvalue weighted by atomic mass is 32.2. The zero-order chi connectivity index (χ0) is 19.8. The molecule has 152 valence electrons. The van der Waals surface area contributed by atoms with Gasteiger partial charge in [-0.15, -0.1) is 11.8 Å². The normalized spacial score (nSPS) is 18.3. The maximum Gasteiger partial charge on any atom is 0.123 e. The summed E-state index contributed by atoms with van der Waals surface area (Å²) in [6.45, 7) is 7.82. The van der Waals surface area contributed by atoms with Crippen molar-refractivity contribution in [2.24, 2.45) is 0 Å². The summed E-state index contributed by atoms with van der Waals surface area (Å²) in [5.41, 5.74) is 2.59. The second-order valence-corrected chi connectivity index (χ2v) is 8.14. The molecule has 1 heterocycles. The first-order chi connectivity index (χ1) is 13.7. The van der Waals surface area contributed by atoms with Gasteiger partial charge in [-0.25, -0.2) is 0 Å². The van der Waals surface area contributed by atoms with E-state index in [9.17, 15) is 5.11 Å². The van der Waals surface area contributed by atoms with E-state index >= 15 is 0 Å². The van der Waals surface area contributed by atoms with Gasteiger partial charge in [-0.05, 0) is 43.4 Å². The van der Waals surface area contributed by atoms with E-state index in [1.807, 2.05) is 19.1 Å². The molecule has 1 fully saturated rings. The molecular formula is C23H32N2O2S. The van der Waals surface area contributed by atoms with Gasteiger partial charge in [-0.3, -0.25) is 9.80 Å². The van der Waals surface area contributed by atoms with Crippen molar-refractivity contribution in [2.75, 3.05) is 39.1 Å². The Morgan fingerprint density at radius 3 is 2.57 bits per heavy atom. The van der Waals surface area contributed by atoms with Crippen molar-refractivity contribution in [3.63, 3.8) is 0 Å². The molecule has 4 nitrogen and oxygen atoms in total. The third-order valence-electron chi connectivity index (χ3n) is 5.36. The van der Waals surface area contributed by atoms with Crippen molar-refractivity contribution in [1.82, 2.24) is 9.80 Å². The average molecular weight is 401 g/mol. The van der Waals surface area contributed by atoms with Crippen LogP contribution in [-0.2, 0) is 13.1 Å². The van der Waals surface area contributed by atoms with Crippen LogP contribution in [0.5, 0.6) is 5.75 Å². The van der Waals surface area contributed by atoms with E-state index in [1.165, 1.54) is 16.0 Å². The van der Waals surface area contributed by atoms with Crippen molar-refractivity contribution in [2.45, 2.75) is 37.4 Å². The predicted octanol–water partition coefficient (Wildman–Crippen LogP) is 3.88. The Kier molecular flexibility index (Phi) is 8.22. The zero-order valence-electron chi connectivity index (χ0n) is 17.0. The van der Waals surface area contributed by atoms with E-state index in [-0.39, 0.29) is 6.61 Å². The summed E-state index contributed by atoms with van der Waals surface area (Å²) in [7, 11) is 0. The molecule has 1 aliphatic heterocycles. The molecule has 0 aromatic heterocycles. The van der Waals surface area contributed by atoms with E-state index in [4.69, 9.17) is 4.74 Å². The highest BCUT2D eigenvalue weighted by Gasteiger charge is 2.27. The molecule has 2 aromatic carbocycles. The Bertz CT molecular complexity index is 723. The average Bonchev–Trinajstić information content (AvgIpc) is 2.72. The Hall–Kier alpha value is -1.53. The molecule has 0 saturated carbocycles. The summed E-state index contributed by atoms with van der Waals surface area (Å²) in [6.07, 6.45) is 2.91. The molecule has 0 radical (unpaired) electrons. The second-order valence-electron chi connectivity index (χ2n) is 7.26. The second kappa shape index (κ2) is 10.9. The number of para-hydroxylation sites is 1. The number of aliphatic hydroxyl groups excluding tert-OH is 1. The Morgan fingerprint density at radius 2 is 1.86 bits per heavy atom. The molecule has 0 bridgehead atoms. The standard InChI is InChI=1S/C23H32N2O2S/c1-3-27-23-7-5-4-6-20(23)17-25-14-13-24(18-21(25)12-15-26)16-19-8-10-22(28-2)11-9-19/h4-11,21,26H,3,12-18H2,1-2H3/t21-/m0/s1. The van der Waals surface area contributed by atoms with Gasteiger partial charge in [-0.2, -0.15) is 0 Å². The summed E-state index contributed by atoms with van der Waals surface area (Å²) < 4.78 is 5.80. The van der Waals surface area contributed by atoms with Crippen LogP contribution in [0.25, 0.3) is 0 Å². The third kappa shape index (κ3) is 5.74. The van der Waals surface area contributed by atoms with Crippen LogP contribution in [0.3, 0.4) is 0 Å². The van der Waals surface area contributed by atoms with Crippen LogP contribution in [-0.4, -0.2) is 60.1 Å². The van der Waals surface area contributed by atoms with E-state index in [2.05, 4.69) is 52.5 Å². The topological polar surface area (TPSA) is 35.9 Å². The van der Waals surface area contributed by atoms with Crippen LogP contribution >= 0.6 is 11.8 Å². The van der Waals surface area contributed by atoms with Crippen LogP contribution in [0.4, 0.5) is 0 Å². The molecule has 3 rings (SSSR count). The van der Waals surface area contributed by atoms with Crippen LogP contribution in [0.1, 0.15) is 24.5 Å². The van der Waals surface area contributed by atoms with Crippen LogP contribution in [0.15, 0.2) is 53.4 Å². The van der Waals surface area contributed by atoms with Crippen molar-refractivity contribution >= 4 is 11.8 Å². The number of thioether (sulfide) groups is 1. The molecule has 1 N–H and O–H groups in total. The van der Waals surface area contributed by atoms with E-state index in [0.717, 1.165) is 44.9 Å². The minimum absolute atomic E-state index is 0.227. The maximum atomic E-state index is 9.60. The van der Waals surface area contributed by atoms with Crippen LogP contribution in [0, 0.1) is 0 Å². The SMILES string of the molecule is CCOc1ccccc1CN1CCN(Cc2ccc(SC)cc2)C[C@@H]1CCO. The Labute approximate surface area is 173 Å². The highest BCUT2D eigenvalue weighted by Crippen LogP contribution is 2.24. The number of piperazine rings is 1. The molecule has 5 heteroatoms. The van der Waals surface area contributed by atoms with Gasteiger partial charge >= 0.3 is 0 Å². The van der Waals surface area contributed by atoms with Crippen LogP contribution in [0.2, 0.25) is 0 Å². The molecule has 2 aromatic rings. The van der Waals surface area contributed by atoms with Gasteiger partial charge in [0, 0.05) is 55.8 Å². The van der Waals surface area contributed by atoms with Crippen LogP contribution < -0.4 is 4.74 Å². The number of hydrogen-bond donors (Lipinski definition) is 1. The molecule has 0 aliphatic carbocycles. The molecule has 1 saturated heterocycles. The van der Waals surface area contributed by atoms with Gasteiger partial charge in [0.25, 0.3) is 0 Å². The minimum atomic E-state index is 0.227. The van der Waals surface area contributed by atoms with Gasteiger partial charge in [0.2, 0.25) is 0 Å². The summed E-state index contributed by atoms with van der Waals surface area (Å²) in [5.74, 6) is 0.976. The molecule has 0 unspecified atom stereocenters. The van der Waals surface area contributed by atoms with E-state index in [0.29, 0.717) is 12.6 Å². The summed E-state index contributed by atoms with van der Waals surface area (Å²) in [5, 5.41) is 9.60. The van der Waals surface area contributed by atoms with Gasteiger partial charge in [0.15, 0.2) is 0 Å². The fourth-order valence-corrected chi connectivity index (χ4v) is 4.28. The first-order valence-electron chi connectivity index (χ1n) is 10.1. The molecular weight excluding hydrogens is 368 g/mol. The summed E-state index contributed by atoms with van der Waals surface area (Å²) in [6, 6.07) is 17.5. The lowest BCUT2D eigenvalue weighted by Crippen LogP contribution is -2.52. The number of ether oxygens (including phenoxy) is 1. The van der Waals surface area contributed by atoms with Gasteiger partial charge in [0.05, 0.1) is 6.61 Å². The molecule has 28 heavy (non-hydrogen) atoms. The number of hydrogen-bond acceptors (Lipinski definition) is 5. The number of rotatable bonds is 9. The maximum absolute atomic E-state index is 9.60. The van der Waals surface area contributed by atoms with Crippen molar-refractivity contribution < 1.29 is 9.84 Å². The number of benzene rings is 2. The fraction of sp³-hybridized carbons (Fsp3) is 0.478. The molecule has 1 atom stereocenters. The largest absolute Gasteiger partial charge is 0.494 e. The highest BCUT2D eigenvalue weighted by molar-refractivity contribution is 7.98. The van der Waals surface area contributed by atoms with Gasteiger partial charge in [-0.1, -0.05) is 30.3 Å². The quantitative estimate of drug-likeness (QED) is 0.647. The Morgan fingerprint density at radius 1 is 1.07 bits per heavy atom. The van der Waals surface area contributed by atoms with E-state index in [1.54, 1.807) is 11.8 Å². The zero-order valence-corrected chi connectivity index (χ0v) is 17.8. The molecule has 0 amide bonds. The number of nitrogens with zero attached hydrogens (tertiary/aromatic N) is 2. The van der Waals surface area contributed by atoms with E-state index < -0.39 is 0 Å². The van der Waals surface area contributed by atoms with Gasteiger partial charge < -0.3 is 9.84 Å². The van der Waals surface area contributed by atoms with Gasteiger partial charge in [0.1, 0.15) is 5.75 Å². The minimum Gasteiger partial charge on any atom is -0.494 e. The first-order valence-corrected chi connectivity index (χ1v) is 11.4. The fourth-order valence-electron chi connectivity index (χ4n) is 3.87. The lowest BCUT2D eigenvalue weighted by atomic mass is 10.1. The predicted molar refractivity (Wildman–Crippen MR) is 117 cm³/mol. The third-order valence-corrected chi connectivity index (χ3v) is 6.11. The molecule has 1 aliphatic rings. The number of aliphatic hydroxyl groups is 1. The van der Waals surface area contributed by atoms with Crippen molar-refractivity contribution in [1.29, 1.82) is 0 Å². The summed E-state index contributed by atoms with van der Waals surface area (Å²) in [4.78, 5) is 6.32. The monoisotopic (exact) mass is 400 g/mol. The smallest absolute Gasteiger partial charge is 0.123 e. The Balaban J connectivity index is 1.63. The summed E-state index contributed by atoms with van der Waals surface area (Å²) >= 11 is 1.78. The lowest BCUT2D eigenvalue weighted by molar-refractivity contribution is 0.0494.